The molecule has 4 amide bonds. The number of carbonyl (C=O) groups excluding carboxylic acids is 4. The van der Waals surface area contributed by atoms with Gasteiger partial charge in [-0.15, -0.1) is 10.2 Å². The molecule has 3 aliphatic heterocycles. The summed E-state index contributed by atoms with van der Waals surface area (Å²) < 4.78 is 22.0. The van der Waals surface area contributed by atoms with Crippen molar-refractivity contribution in [1.82, 2.24) is 45.1 Å². The average Bonchev–Trinajstić information content (AvgIpc) is 4.30. The van der Waals surface area contributed by atoms with Crippen LogP contribution in [0.1, 0.15) is 120 Å². The second-order valence-electron chi connectivity index (χ2n) is 24.4. The second-order valence-corrected chi connectivity index (χ2v) is 25.4. The maximum Gasteiger partial charge on any atom is 0.355 e. The molecule has 4 N–H and O–H groups in total. The van der Waals surface area contributed by atoms with Crippen molar-refractivity contribution in [1.29, 1.82) is 0 Å². The highest BCUT2D eigenvalue weighted by atomic mass is 32.1. The zero-order chi connectivity index (χ0) is 57.1. The van der Waals surface area contributed by atoms with E-state index in [1.807, 2.05) is 55.1 Å². The van der Waals surface area contributed by atoms with E-state index in [9.17, 15) is 29.1 Å². The average molecular weight is 1140 g/mol. The first kappa shape index (κ1) is 55.3. The highest BCUT2D eigenvalue weighted by Crippen LogP contribution is 2.72. The van der Waals surface area contributed by atoms with Gasteiger partial charge in [0.25, 0.3) is 11.8 Å². The van der Waals surface area contributed by atoms with Crippen molar-refractivity contribution in [2.24, 2.45) is 16.2 Å². The Bertz CT molecular complexity index is 3480. The van der Waals surface area contributed by atoms with Gasteiger partial charge in [-0.1, -0.05) is 43.4 Å². The number of carbonyl (C=O) groups is 5. The summed E-state index contributed by atoms with van der Waals surface area (Å²) in [5, 5.41) is 34.5. The Morgan fingerprint density at radius 1 is 0.841 bits per heavy atom. The van der Waals surface area contributed by atoms with Crippen LogP contribution in [-0.2, 0) is 36.8 Å². The van der Waals surface area contributed by atoms with E-state index in [1.165, 1.54) is 6.42 Å². The number of imide groups is 2. The third-order valence-electron chi connectivity index (χ3n) is 17.7. The van der Waals surface area contributed by atoms with E-state index in [0.29, 0.717) is 74.8 Å². The molecule has 0 radical (unpaired) electrons. The molecule has 1 saturated heterocycles. The van der Waals surface area contributed by atoms with E-state index in [4.69, 9.17) is 29.3 Å². The van der Waals surface area contributed by atoms with E-state index >= 15 is 0 Å². The van der Waals surface area contributed by atoms with Crippen molar-refractivity contribution < 1.29 is 43.3 Å². The molecule has 5 fully saturated rings. The Balaban J connectivity index is 0.622. The number of piperidine rings is 1. The molecule has 7 heterocycles. The van der Waals surface area contributed by atoms with Crippen molar-refractivity contribution in [3.8, 4) is 11.1 Å². The molecule has 3 atom stereocenters. The van der Waals surface area contributed by atoms with Crippen LogP contribution in [0.25, 0.3) is 21.3 Å². The first-order valence-corrected chi connectivity index (χ1v) is 29.3. The standard InChI is InChI=1S/C60H70N12O9S/c1-36-38-11-9-20-70(51(38)68-67-50(36)66-56-63-42-12-6-7-14-45(42)82-56)46-17-15-39(49(64-46)55(77)78)41-28-62-71(37(41)2)35-59-30-57(3)29-58(4,31-59)33-60(32-57,34-59)81-25-22-69(5)21-24-80-27-26-79-23-19-61-43-13-8-10-40-48(43)54(76)72(53(40)75)44-16-18-47(73)65-52(44)74/h6-8,10,12-15,17,28,44,61H,9,11,16,18-27,29-35H2,1-5H3,(H,77,78)(H,63,66,67)(H,65,73,74). The van der Waals surface area contributed by atoms with Gasteiger partial charge in [-0.05, 0) is 131 Å². The molecule has 4 aliphatic carbocycles. The van der Waals surface area contributed by atoms with Crippen molar-refractivity contribution in [2.45, 2.75) is 110 Å². The first-order chi connectivity index (χ1) is 39.4. The molecule has 22 heteroatoms. The number of carboxylic acids is 1. The minimum atomic E-state index is -1.11. The largest absolute Gasteiger partial charge is 0.476 e. The number of hydrogen-bond acceptors (Lipinski definition) is 18. The summed E-state index contributed by atoms with van der Waals surface area (Å²) >= 11 is 1.56. The number of anilines is 5. The number of nitrogens with one attached hydrogen (secondary N) is 3. The molecule has 0 spiro atoms. The van der Waals surface area contributed by atoms with Crippen LogP contribution in [0.5, 0.6) is 0 Å². The number of amides is 4. The Morgan fingerprint density at radius 2 is 1.62 bits per heavy atom. The lowest BCUT2D eigenvalue weighted by Gasteiger charge is -2.69. The summed E-state index contributed by atoms with van der Waals surface area (Å²) in [6.07, 6.45) is 9.99. The van der Waals surface area contributed by atoms with Gasteiger partial charge in [0.05, 0.1) is 66.2 Å². The highest BCUT2D eigenvalue weighted by Gasteiger charge is 2.66. The zero-order valence-corrected chi connectivity index (χ0v) is 48.0. The lowest BCUT2D eigenvalue weighted by Crippen LogP contribution is -2.64. The molecule has 3 unspecified atom stereocenters. The smallest absolute Gasteiger partial charge is 0.355 e. The van der Waals surface area contributed by atoms with Crippen LogP contribution >= 0.6 is 11.3 Å². The molecule has 13 rings (SSSR count). The van der Waals surface area contributed by atoms with Gasteiger partial charge in [0.1, 0.15) is 11.9 Å². The monoisotopic (exact) mass is 1130 g/mol. The Hall–Kier alpha value is -7.24. The van der Waals surface area contributed by atoms with E-state index in [1.54, 1.807) is 35.7 Å². The topological polar surface area (TPSA) is 248 Å². The van der Waals surface area contributed by atoms with Crippen LogP contribution in [-0.4, -0.2) is 152 Å². The lowest BCUT2D eigenvalue weighted by atomic mass is 9.39. The van der Waals surface area contributed by atoms with Gasteiger partial charge >= 0.3 is 5.97 Å². The predicted molar refractivity (Wildman–Crippen MR) is 308 cm³/mol. The highest BCUT2D eigenvalue weighted by molar-refractivity contribution is 7.22. The maximum absolute atomic E-state index is 13.4. The van der Waals surface area contributed by atoms with Crippen LogP contribution in [0.3, 0.4) is 0 Å². The number of aromatic nitrogens is 6. The number of likely N-dealkylation sites (N-methyl/N-ethyl adjacent to an activating group) is 1. The minimum Gasteiger partial charge on any atom is -0.476 e. The van der Waals surface area contributed by atoms with Gasteiger partial charge in [0.15, 0.2) is 22.5 Å². The summed E-state index contributed by atoms with van der Waals surface area (Å²) in [7, 11) is 2.08. The number of hydrogen-bond donors (Lipinski definition) is 4. The maximum atomic E-state index is 13.4. The number of ether oxygens (including phenoxy) is 3. The molecule has 6 aromatic rings. The molecular weight excluding hydrogens is 1060 g/mol. The van der Waals surface area contributed by atoms with Crippen LogP contribution < -0.4 is 20.9 Å². The SMILES string of the molecule is Cc1c(Nc2nc3ccccc3s2)nnc2c1CCCN2c1ccc(-c2cnn(CC34CC5(C)CC(C)(C3)CC(OCCN(C)CCOCCOCCNc3cccc6c3C(=O)N(C3CCC(=O)NC3=O)C6=O)(C5)C4)c2C)c(C(=O)O)n1. The van der Waals surface area contributed by atoms with E-state index in [2.05, 4.69) is 56.6 Å². The molecule has 4 saturated carbocycles. The third kappa shape index (κ3) is 10.6. The number of carboxylic acid groups (broad SMARTS) is 1. The van der Waals surface area contributed by atoms with E-state index < -0.39 is 35.6 Å². The van der Waals surface area contributed by atoms with Crippen molar-refractivity contribution in [3.05, 3.63) is 94.4 Å². The first-order valence-electron chi connectivity index (χ1n) is 28.5. The number of benzene rings is 2. The van der Waals surface area contributed by atoms with Crippen LogP contribution in [0.2, 0.25) is 0 Å². The predicted octanol–water partition coefficient (Wildman–Crippen LogP) is 8.10. The van der Waals surface area contributed by atoms with Gasteiger partial charge < -0.3 is 39.8 Å². The van der Waals surface area contributed by atoms with Crippen molar-refractivity contribution in [3.63, 3.8) is 0 Å². The van der Waals surface area contributed by atoms with Crippen LogP contribution in [0.4, 0.5) is 28.3 Å². The number of nitrogens with zero attached hydrogens (tertiary/aromatic N) is 9. The van der Waals surface area contributed by atoms with Crippen molar-refractivity contribution >= 4 is 79.4 Å². The number of thiazole rings is 1. The quantitative estimate of drug-likeness (QED) is 0.0370. The summed E-state index contributed by atoms with van der Waals surface area (Å²) in [4.78, 5) is 78.6. The molecule has 21 nitrogen and oxygen atoms in total. The zero-order valence-electron chi connectivity index (χ0n) is 47.1. The van der Waals surface area contributed by atoms with Gasteiger partial charge in [0, 0.05) is 72.8 Å². The fourth-order valence-electron chi connectivity index (χ4n) is 15.3. The number of rotatable bonds is 22. The molecule has 82 heavy (non-hydrogen) atoms. The summed E-state index contributed by atoms with van der Waals surface area (Å²) in [5.41, 5.74) is 6.02. The molecule has 2 aromatic carbocycles. The summed E-state index contributed by atoms with van der Waals surface area (Å²) in [6.45, 7) is 14.5. The normalized spacial score (nSPS) is 24.6. The third-order valence-corrected chi connectivity index (χ3v) is 18.6. The Kier molecular flexibility index (Phi) is 14.7. The summed E-state index contributed by atoms with van der Waals surface area (Å²) in [5.74, 6) is -1.43. The number of fused-ring (bicyclic) bond motifs is 3. The Morgan fingerprint density at radius 3 is 2.40 bits per heavy atom. The molecule has 430 valence electrons. The number of para-hydroxylation sites is 1. The second kappa shape index (κ2) is 21.8. The Labute approximate surface area is 479 Å². The number of aromatic carboxylic acids is 1. The molecule has 7 aliphatic rings. The van der Waals surface area contributed by atoms with Crippen LogP contribution in [0, 0.1) is 30.1 Å². The fraction of sp³-hybridized carbons (Fsp3) is 0.500. The van der Waals surface area contributed by atoms with E-state index in [-0.39, 0.29) is 51.5 Å². The molecular formula is C60H70N12O9S. The van der Waals surface area contributed by atoms with Gasteiger partial charge in [-0.2, -0.15) is 5.10 Å². The lowest BCUT2D eigenvalue weighted by molar-refractivity contribution is -0.248. The summed E-state index contributed by atoms with van der Waals surface area (Å²) in [6, 6.07) is 15.7. The van der Waals surface area contributed by atoms with Gasteiger partial charge in [-0.25, -0.2) is 14.8 Å². The van der Waals surface area contributed by atoms with Gasteiger partial charge in [-0.3, -0.25) is 34.1 Å². The minimum absolute atomic E-state index is 0.0296. The number of pyridine rings is 1. The van der Waals surface area contributed by atoms with Crippen LogP contribution in [0.15, 0.2) is 60.8 Å². The van der Waals surface area contributed by atoms with Crippen molar-refractivity contribution in [2.75, 3.05) is 81.8 Å². The van der Waals surface area contributed by atoms with E-state index in [0.717, 1.165) is 107 Å². The fourth-order valence-corrected chi connectivity index (χ4v) is 16.1. The molecule has 4 bridgehead atoms. The molecule has 4 aromatic heterocycles. The van der Waals surface area contributed by atoms with Gasteiger partial charge in [0.2, 0.25) is 11.8 Å².